The molecule has 2 heterocycles. The van der Waals surface area contributed by atoms with E-state index in [1.807, 2.05) is 6.08 Å². The summed E-state index contributed by atoms with van der Waals surface area (Å²) in [6, 6.07) is 11.5. The monoisotopic (exact) mass is 523 g/mol. The van der Waals surface area contributed by atoms with Gasteiger partial charge in [-0.1, -0.05) is 35.9 Å². The molecule has 0 bridgehead atoms. The van der Waals surface area contributed by atoms with E-state index in [1.165, 1.54) is 28.9 Å². The van der Waals surface area contributed by atoms with Crippen LogP contribution in [0.3, 0.4) is 0 Å². The second-order valence-corrected chi connectivity index (χ2v) is 9.23. The van der Waals surface area contributed by atoms with E-state index in [4.69, 9.17) is 11.6 Å². The molecule has 1 aliphatic heterocycles. The van der Waals surface area contributed by atoms with Crippen LogP contribution in [0.5, 0.6) is 5.75 Å². The standard InChI is InChI=1S/C26H26ClF4N3O2/c1-32-23(24(27)25(35)34(32)21-9-11-22(12-10-21)36-26(29,30)31)17-33-15-13-19(14-16-33)4-2-3-18-5-7-20(28)8-6-18/h2-3,5-12,19H,4,13-17H2,1H3. The summed E-state index contributed by atoms with van der Waals surface area (Å²) in [5, 5.41) is 0.0949. The van der Waals surface area contributed by atoms with Crippen LogP contribution < -0.4 is 10.3 Å². The molecule has 0 saturated carbocycles. The van der Waals surface area contributed by atoms with Gasteiger partial charge in [-0.05, 0) is 80.2 Å². The van der Waals surface area contributed by atoms with E-state index in [0.717, 1.165) is 50.0 Å². The van der Waals surface area contributed by atoms with Crippen molar-refractivity contribution in [1.82, 2.24) is 14.3 Å². The van der Waals surface area contributed by atoms with Crippen molar-refractivity contribution in [3.05, 3.63) is 87.1 Å². The van der Waals surface area contributed by atoms with Crippen molar-refractivity contribution < 1.29 is 22.3 Å². The number of rotatable bonds is 7. The molecule has 192 valence electrons. The third kappa shape index (κ3) is 6.39. The van der Waals surface area contributed by atoms with E-state index in [0.29, 0.717) is 23.8 Å². The topological polar surface area (TPSA) is 39.4 Å². The highest BCUT2D eigenvalue weighted by atomic mass is 35.5. The smallest absolute Gasteiger partial charge is 0.406 e. The molecule has 10 heteroatoms. The Kier molecular flexibility index (Phi) is 7.90. The van der Waals surface area contributed by atoms with Gasteiger partial charge in [-0.25, -0.2) is 9.07 Å². The lowest BCUT2D eigenvalue weighted by Gasteiger charge is -2.31. The number of alkyl halides is 3. The number of piperidine rings is 1. The molecule has 0 radical (unpaired) electrons. The van der Waals surface area contributed by atoms with Crippen LogP contribution in [0.2, 0.25) is 5.02 Å². The summed E-state index contributed by atoms with van der Waals surface area (Å²) in [7, 11) is 1.70. The third-order valence-corrected chi connectivity index (χ3v) is 6.75. The summed E-state index contributed by atoms with van der Waals surface area (Å²) in [5.41, 5.74) is 1.57. The number of aromatic nitrogens is 2. The molecule has 4 rings (SSSR count). The maximum absolute atomic E-state index is 13.0. The first-order valence-corrected chi connectivity index (χ1v) is 12.0. The van der Waals surface area contributed by atoms with Gasteiger partial charge in [-0.15, -0.1) is 13.2 Å². The molecule has 0 spiro atoms. The summed E-state index contributed by atoms with van der Waals surface area (Å²) in [5.74, 6) is -0.0737. The first-order valence-electron chi connectivity index (χ1n) is 11.6. The van der Waals surface area contributed by atoms with Crippen LogP contribution >= 0.6 is 11.6 Å². The first-order chi connectivity index (χ1) is 17.1. The minimum atomic E-state index is -4.79. The van der Waals surface area contributed by atoms with Crippen molar-refractivity contribution in [2.75, 3.05) is 13.1 Å². The lowest BCUT2D eigenvalue weighted by Crippen LogP contribution is -2.34. The van der Waals surface area contributed by atoms with E-state index >= 15 is 0 Å². The summed E-state index contributed by atoms with van der Waals surface area (Å²) >= 11 is 6.39. The van der Waals surface area contributed by atoms with Crippen LogP contribution in [-0.4, -0.2) is 33.7 Å². The summed E-state index contributed by atoms with van der Waals surface area (Å²) in [6.45, 7) is 2.20. The fourth-order valence-corrected chi connectivity index (χ4v) is 4.69. The molecule has 5 nitrogen and oxygen atoms in total. The quantitative estimate of drug-likeness (QED) is 0.347. The number of hydrogen-bond donors (Lipinski definition) is 0. The number of halogens is 5. The van der Waals surface area contributed by atoms with Crippen LogP contribution in [0.4, 0.5) is 17.6 Å². The lowest BCUT2D eigenvalue weighted by molar-refractivity contribution is -0.274. The Bertz CT molecular complexity index is 1260. The molecule has 0 aliphatic carbocycles. The van der Waals surface area contributed by atoms with Crippen LogP contribution in [0.25, 0.3) is 11.8 Å². The van der Waals surface area contributed by atoms with Gasteiger partial charge in [-0.3, -0.25) is 14.4 Å². The van der Waals surface area contributed by atoms with Crippen LogP contribution in [0.1, 0.15) is 30.5 Å². The molecule has 0 amide bonds. The van der Waals surface area contributed by atoms with E-state index in [2.05, 4.69) is 15.7 Å². The Balaban J connectivity index is 1.36. The molecule has 36 heavy (non-hydrogen) atoms. The van der Waals surface area contributed by atoms with Gasteiger partial charge in [0.15, 0.2) is 0 Å². The molecular formula is C26H26ClF4N3O2. The minimum absolute atomic E-state index is 0.0949. The Morgan fingerprint density at radius 2 is 1.69 bits per heavy atom. The molecule has 0 N–H and O–H groups in total. The van der Waals surface area contributed by atoms with Gasteiger partial charge < -0.3 is 4.74 Å². The maximum atomic E-state index is 13.0. The van der Waals surface area contributed by atoms with Gasteiger partial charge in [0.1, 0.15) is 16.6 Å². The summed E-state index contributed by atoms with van der Waals surface area (Å²) in [4.78, 5) is 15.1. The molecule has 0 atom stereocenters. The molecule has 1 saturated heterocycles. The summed E-state index contributed by atoms with van der Waals surface area (Å²) in [6.07, 6.45) is 2.29. The Morgan fingerprint density at radius 1 is 1.06 bits per heavy atom. The molecule has 2 aromatic carbocycles. The molecular weight excluding hydrogens is 498 g/mol. The average Bonchev–Trinajstić information content (AvgIpc) is 3.04. The second kappa shape index (κ2) is 10.9. The largest absolute Gasteiger partial charge is 0.573 e. The van der Waals surface area contributed by atoms with Crippen molar-refractivity contribution >= 4 is 17.7 Å². The van der Waals surface area contributed by atoms with Crippen molar-refractivity contribution in [1.29, 1.82) is 0 Å². The zero-order chi connectivity index (χ0) is 25.9. The predicted octanol–water partition coefficient (Wildman–Crippen LogP) is 6.18. The van der Waals surface area contributed by atoms with Gasteiger partial charge in [0.05, 0.1) is 11.4 Å². The first kappa shape index (κ1) is 26.0. The second-order valence-electron chi connectivity index (χ2n) is 8.85. The molecule has 1 fully saturated rings. The highest BCUT2D eigenvalue weighted by molar-refractivity contribution is 6.31. The Hall–Kier alpha value is -3.04. The maximum Gasteiger partial charge on any atom is 0.573 e. The third-order valence-electron chi connectivity index (χ3n) is 6.37. The molecule has 3 aromatic rings. The normalized spacial score (nSPS) is 15.6. The van der Waals surface area contributed by atoms with Gasteiger partial charge >= 0.3 is 6.36 Å². The SMILES string of the molecule is Cn1c(CN2CCC(CC=Cc3ccc(F)cc3)CC2)c(Cl)c(=O)n1-c1ccc(OC(F)(F)F)cc1. The fraction of sp³-hybridized carbons (Fsp3) is 0.346. The zero-order valence-corrected chi connectivity index (χ0v) is 20.4. The highest BCUT2D eigenvalue weighted by Crippen LogP contribution is 2.26. The lowest BCUT2D eigenvalue weighted by atomic mass is 9.93. The number of benzene rings is 2. The fourth-order valence-electron chi connectivity index (χ4n) is 4.43. The Morgan fingerprint density at radius 3 is 2.31 bits per heavy atom. The van der Waals surface area contributed by atoms with E-state index in [1.54, 1.807) is 23.9 Å². The highest BCUT2D eigenvalue weighted by Gasteiger charge is 2.31. The molecule has 1 aliphatic rings. The number of ether oxygens (including phenoxy) is 1. The number of nitrogens with zero attached hydrogens (tertiary/aromatic N) is 3. The van der Waals surface area contributed by atoms with E-state index in [9.17, 15) is 22.4 Å². The number of allylic oxidation sites excluding steroid dienone is 1. The summed E-state index contributed by atoms with van der Waals surface area (Å²) < 4.78 is 57.2. The predicted molar refractivity (Wildman–Crippen MR) is 131 cm³/mol. The minimum Gasteiger partial charge on any atom is -0.406 e. The van der Waals surface area contributed by atoms with Gasteiger partial charge in [0.2, 0.25) is 0 Å². The van der Waals surface area contributed by atoms with Crippen molar-refractivity contribution in [3.63, 3.8) is 0 Å². The van der Waals surface area contributed by atoms with Gasteiger partial charge in [0, 0.05) is 13.6 Å². The Labute approximate surface area is 211 Å². The van der Waals surface area contributed by atoms with Crippen molar-refractivity contribution in [2.24, 2.45) is 13.0 Å². The molecule has 1 aromatic heterocycles. The van der Waals surface area contributed by atoms with Crippen LogP contribution in [0.15, 0.2) is 59.4 Å². The van der Waals surface area contributed by atoms with Gasteiger partial charge in [-0.2, -0.15) is 0 Å². The number of hydrogen-bond acceptors (Lipinski definition) is 3. The van der Waals surface area contributed by atoms with Crippen LogP contribution in [0, 0.1) is 11.7 Å². The van der Waals surface area contributed by atoms with Crippen LogP contribution in [-0.2, 0) is 13.6 Å². The van der Waals surface area contributed by atoms with E-state index in [-0.39, 0.29) is 16.6 Å². The number of likely N-dealkylation sites (tertiary alicyclic amines) is 1. The zero-order valence-electron chi connectivity index (χ0n) is 19.6. The molecule has 0 unspecified atom stereocenters. The average molecular weight is 524 g/mol. The van der Waals surface area contributed by atoms with E-state index < -0.39 is 11.9 Å². The van der Waals surface area contributed by atoms with Crippen molar-refractivity contribution in [2.45, 2.75) is 32.2 Å². The van der Waals surface area contributed by atoms with Gasteiger partial charge in [0.25, 0.3) is 5.56 Å². The van der Waals surface area contributed by atoms with Crippen molar-refractivity contribution in [3.8, 4) is 11.4 Å².